The molecule has 3 aromatic rings. The van der Waals surface area contributed by atoms with E-state index in [4.69, 9.17) is 14.2 Å². The molecule has 0 saturated heterocycles. The Bertz CT molecular complexity index is 933. The van der Waals surface area contributed by atoms with Crippen LogP contribution in [0.4, 0.5) is 5.13 Å². The van der Waals surface area contributed by atoms with Gasteiger partial charge in [0.05, 0.1) is 25.5 Å². The molecule has 1 amide bonds. The van der Waals surface area contributed by atoms with E-state index in [1.54, 1.807) is 24.5 Å². The standard InChI is InChI=1S/C21H23N3O4S/c1-4-26-17-11-15(12-18(27-5-2)19(17)28-6-3)20(25)24-21-23-16(13-29-21)14-7-9-22-10-8-14/h7-13H,4-6H2,1-3H3,(H,23,24,25). The van der Waals surface area contributed by atoms with Crippen LogP contribution in [0.5, 0.6) is 17.2 Å². The molecule has 7 nitrogen and oxygen atoms in total. The Kier molecular flexibility index (Phi) is 7.02. The van der Waals surface area contributed by atoms with E-state index in [9.17, 15) is 4.79 Å². The molecule has 1 N–H and O–H groups in total. The predicted molar refractivity (Wildman–Crippen MR) is 113 cm³/mol. The first-order chi connectivity index (χ1) is 14.2. The monoisotopic (exact) mass is 413 g/mol. The Morgan fingerprint density at radius 3 is 2.21 bits per heavy atom. The van der Waals surface area contributed by atoms with Crippen LogP contribution in [-0.4, -0.2) is 35.7 Å². The molecule has 0 bridgehead atoms. The van der Waals surface area contributed by atoms with Crippen molar-refractivity contribution in [3.8, 4) is 28.5 Å². The molecule has 0 spiro atoms. The Balaban J connectivity index is 1.85. The number of nitrogens with one attached hydrogen (secondary N) is 1. The van der Waals surface area contributed by atoms with Gasteiger partial charge in [-0.3, -0.25) is 15.1 Å². The maximum absolute atomic E-state index is 12.8. The molecule has 0 aliphatic carbocycles. The van der Waals surface area contributed by atoms with Crippen molar-refractivity contribution in [2.24, 2.45) is 0 Å². The van der Waals surface area contributed by atoms with Crippen LogP contribution < -0.4 is 19.5 Å². The minimum atomic E-state index is -0.300. The van der Waals surface area contributed by atoms with E-state index in [1.165, 1.54) is 11.3 Å². The van der Waals surface area contributed by atoms with Crippen LogP contribution in [0.15, 0.2) is 42.0 Å². The highest BCUT2D eigenvalue weighted by Gasteiger charge is 2.19. The van der Waals surface area contributed by atoms with Crippen LogP contribution in [0.25, 0.3) is 11.3 Å². The number of thiazole rings is 1. The van der Waals surface area contributed by atoms with Gasteiger partial charge in [-0.1, -0.05) is 0 Å². The van der Waals surface area contributed by atoms with Crippen molar-refractivity contribution in [2.75, 3.05) is 25.1 Å². The molecule has 2 heterocycles. The normalized spacial score (nSPS) is 10.4. The van der Waals surface area contributed by atoms with Crippen LogP contribution in [0.3, 0.4) is 0 Å². The van der Waals surface area contributed by atoms with Gasteiger partial charge in [0.25, 0.3) is 5.91 Å². The molecular formula is C21H23N3O4S. The molecule has 0 saturated carbocycles. The first kappa shape index (κ1) is 20.6. The molecule has 0 fully saturated rings. The minimum absolute atomic E-state index is 0.300. The summed E-state index contributed by atoms with van der Waals surface area (Å²) in [6.45, 7) is 6.98. The number of carbonyl (C=O) groups excluding carboxylic acids is 1. The number of rotatable bonds is 9. The fourth-order valence-electron chi connectivity index (χ4n) is 2.68. The summed E-state index contributed by atoms with van der Waals surface area (Å²) in [5, 5.41) is 5.23. The van der Waals surface area contributed by atoms with Gasteiger partial charge in [0, 0.05) is 28.9 Å². The molecular weight excluding hydrogens is 390 g/mol. The number of anilines is 1. The molecule has 0 radical (unpaired) electrons. The van der Waals surface area contributed by atoms with Crippen molar-refractivity contribution >= 4 is 22.4 Å². The Morgan fingerprint density at radius 2 is 1.62 bits per heavy atom. The highest BCUT2D eigenvalue weighted by Crippen LogP contribution is 2.39. The number of amides is 1. The third-order valence-corrected chi connectivity index (χ3v) is 4.63. The Hall–Kier alpha value is -3.13. The first-order valence-electron chi connectivity index (χ1n) is 9.39. The third-order valence-electron chi connectivity index (χ3n) is 3.87. The number of pyridine rings is 1. The molecule has 0 unspecified atom stereocenters. The van der Waals surface area contributed by atoms with E-state index < -0.39 is 0 Å². The van der Waals surface area contributed by atoms with E-state index in [-0.39, 0.29) is 5.91 Å². The fourth-order valence-corrected chi connectivity index (χ4v) is 3.39. The molecule has 1 aromatic carbocycles. The largest absolute Gasteiger partial charge is 0.490 e. The quantitative estimate of drug-likeness (QED) is 0.550. The SMILES string of the molecule is CCOc1cc(C(=O)Nc2nc(-c3ccncc3)cs2)cc(OCC)c1OCC. The van der Waals surface area contributed by atoms with Crippen molar-refractivity contribution in [3.63, 3.8) is 0 Å². The van der Waals surface area contributed by atoms with Gasteiger partial charge < -0.3 is 14.2 Å². The average Bonchev–Trinajstić information content (AvgIpc) is 3.19. The number of carbonyl (C=O) groups is 1. The number of aromatic nitrogens is 2. The lowest BCUT2D eigenvalue weighted by atomic mass is 10.1. The van der Waals surface area contributed by atoms with Gasteiger partial charge >= 0.3 is 0 Å². The number of nitrogens with zero attached hydrogens (tertiary/aromatic N) is 2. The van der Waals surface area contributed by atoms with E-state index in [0.29, 0.717) is 47.8 Å². The summed E-state index contributed by atoms with van der Waals surface area (Å²) in [4.78, 5) is 21.3. The van der Waals surface area contributed by atoms with Gasteiger partial charge in [-0.2, -0.15) is 0 Å². The maximum Gasteiger partial charge on any atom is 0.257 e. The molecule has 152 valence electrons. The van der Waals surface area contributed by atoms with Crippen LogP contribution in [-0.2, 0) is 0 Å². The summed E-state index contributed by atoms with van der Waals surface area (Å²) >= 11 is 1.36. The highest BCUT2D eigenvalue weighted by atomic mass is 32.1. The maximum atomic E-state index is 12.8. The van der Waals surface area contributed by atoms with Crippen LogP contribution in [0.1, 0.15) is 31.1 Å². The van der Waals surface area contributed by atoms with Crippen LogP contribution in [0.2, 0.25) is 0 Å². The lowest BCUT2D eigenvalue weighted by Gasteiger charge is -2.16. The van der Waals surface area contributed by atoms with Crippen molar-refractivity contribution < 1.29 is 19.0 Å². The molecule has 2 aromatic heterocycles. The van der Waals surface area contributed by atoms with Crippen molar-refractivity contribution in [1.29, 1.82) is 0 Å². The summed E-state index contributed by atoms with van der Waals surface area (Å²) in [5.74, 6) is 1.15. The molecule has 0 atom stereocenters. The topological polar surface area (TPSA) is 82.6 Å². The second-order valence-corrected chi connectivity index (χ2v) is 6.69. The summed E-state index contributed by atoms with van der Waals surface area (Å²) < 4.78 is 17.0. The van der Waals surface area contributed by atoms with Crippen LogP contribution >= 0.6 is 11.3 Å². The van der Waals surface area contributed by atoms with Gasteiger partial charge in [0.2, 0.25) is 5.75 Å². The number of hydrogen-bond donors (Lipinski definition) is 1. The predicted octanol–water partition coefficient (Wildman–Crippen LogP) is 4.65. The number of benzene rings is 1. The average molecular weight is 413 g/mol. The molecule has 8 heteroatoms. The molecule has 0 aliphatic rings. The highest BCUT2D eigenvalue weighted by molar-refractivity contribution is 7.14. The zero-order valence-corrected chi connectivity index (χ0v) is 17.4. The Labute approximate surface area is 173 Å². The molecule has 3 rings (SSSR count). The summed E-state index contributed by atoms with van der Waals surface area (Å²) in [6, 6.07) is 7.05. The van der Waals surface area contributed by atoms with E-state index in [1.807, 2.05) is 38.3 Å². The fraction of sp³-hybridized carbons (Fsp3) is 0.286. The lowest BCUT2D eigenvalue weighted by molar-refractivity contribution is 0.102. The van der Waals surface area contributed by atoms with Gasteiger partial charge in [-0.25, -0.2) is 4.98 Å². The summed E-state index contributed by atoms with van der Waals surface area (Å²) in [5.41, 5.74) is 2.13. The van der Waals surface area contributed by atoms with Crippen molar-refractivity contribution in [3.05, 3.63) is 47.6 Å². The Morgan fingerprint density at radius 1 is 1.00 bits per heavy atom. The number of ether oxygens (including phenoxy) is 3. The lowest BCUT2D eigenvalue weighted by Crippen LogP contribution is -2.13. The van der Waals surface area contributed by atoms with Gasteiger partial charge in [0.1, 0.15) is 0 Å². The summed E-state index contributed by atoms with van der Waals surface area (Å²) in [7, 11) is 0. The van der Waals surface area contributed by atoms with E-state index in [0.717, 1.165) is 11.3 Å². The van der Waals surface area contributed by atoms with Gasteiger partial charge in [-0.15, -0.1) is 11.3 Å². The zero-order valence-electron chi connectivity index (χ0n) is 16.6. The van der Waals surface area contributed by atoms with Gasteiger partial charge in [-0.05, 0) is 45.0 Å². The third kappa shape index (κ3) is 5.03. The molecule has 0 aliphatic heterocycles. The van der Waals surface area contributed by atoms with Gasteiger partial charge in [0.15, 0.2) is 16.6 Å². The van der Waals surface area contributed by atoms with E-state index in [2.05, 4.69) is 15.3 Å². The van der Waals surface area contributed by atoms with Crippen molar-refractivity contribution in [1.82, 2.24) is 9.97 Å². The minimum Gasteiger partial charge on any atom is -0.490 e. The van der Waals surface area contributed by atoms with E-state index >= 15 is 0 Å². The summed E-state index contributed by atoms with van der Waals surface area (Å²) in [6.07, 6.45) is 3.41. The second-order valence-electron chi connectivity index (χ2n) is 5.83. The second kappa shape index (κ2) is 9.88. The number of hydrogen-bond acceptors (Lipinski definition) is 7. The molecule has 29 heavy (non-hydrogen) atoms. The first-order valence-corrected chi connectivity index (χ1v) is 10.3. The smallest absolute Gasteiger partial charge is 0.257 e. The van der Waals surface area contributed by atoms with Crippen molar-refractivity contribution in [2.45, 2.75) is 20.8 Å². The van der Waals surface area contributed by atoms with Crippen LogP contribution in [0, 0.1) is 0 Å². The zero-order chi connectivity index (χ0) is 20.6.